The number of hydrogen-bond donors (Lipinski definition) is 0. The first kappa shape index (κ1) is 12.1. The SMILES string of the molecule is CC#CCCCC#CCN1CCOCC1. The molecule has 0 spiro atoms. The maximum atomic E-state index is 5.27. The molecule has 0 saturated carbocycles. The molecule has 1 rings (SSSR count). The lowest BCUT2D eigenvalue weighted by Gasteiger charge is -2.24. The third kappa shape index (κ3) is 6.18. The van der Waals surface area contributed by atoms with Crippen molar-refractivity contribution in [2.24, 2.45) is 0 Å². The fraction of sp³-hybridized carbons (Fsp3) is 0.692. The molecule has 0 unspecified atom stereocenters. The monoisotopic (exact) mass is 205 g/mol. The normalized spacial score (nSPS) is 16.1. The van der Waals surface area contributed by atoms with Crippen LogP contribution in [0.3, 0.4) is 0 Å². The molecule has 2 heteroatoms. The highest BCUT2D eigenvalue weighted by Gasteiger charge is 2.07. The van der Waals surface area contributed by atoms with Gasteiger partial charge in [0.2, 0.25) is 0 Å². The minimum atomic E-state index is 0.855. The third-order valence-corrected chi connectivity index (χ3v) is 2.31. The molecular weight excluding hydrogens is 186 g/mol. The van der Waals surface area contributed by atoms with E-state index in [1.165, 1.54) is 0 Å². The van der Waals surface area contributed by atoms with Gasteiger partial charge < -0.3 is 4.74 Å². The molecule has 82 valence electrons. The summed E-state index contributed by atoms with van der Waals surface area (Å²) in [7, 11) is 0. The zero-order valence-corrected chi connectivity index (χ0v) is 9.51. The Morgan fingerprint density at radius 3 is 2.53 bits per heavy atom. The lowest BCUT2D eigenvalue weighted by atomic mass is 10.2. The summed E-state index contributed by atoms with van der Waals surface area (Å²) in [5, 5.41) is 0. The van der Waals surface area contributed by atoms with Gasteiger partial charge in [-0.1, -0.05) is 5.92 Å². The van der Waals surface area contributed by atoms with E-state index in [1.54, 1.807) is 0 Å². The van der Waals surface area contributed by atoms with Gasteiger partial charge in [-0.2, -0.15) is 0 Å². The molecule has 0 radical (unpaired) electrons. The predicted octanol–water partition coefficient (Wildman–Crippen LogP) is 1.52. The van der Waals surface area contributed by atoms with Crippen LogP contribution in [0.2, 0.25) is 0 Å². The van der Waals surface area contributed by atoms with E-state index in [4.69, 9.17) is 4.74 Å². The van der Waals surface area contributed by atoms with Gasteiger partial charge >= 0.3 is 0 Å². The second-order valence-electron chi connectivity index (χ2n) is 3.52. The molecule has 1 heterocycles. The van der Waals surface area contributed by atoms with Crippen LogP contribution in [0.5, 0.6) is 0 Å². The summed E-state index contributed by atoms with van der Waals surface area (Å²) in [4.78, 5) is 2.34. The molecule has 0 aromatic rings. The second kappa shape index (κ2) is 8.36. The smallest absolute Gasteiger partial charge is 0.0603 e. The summed E-state index contributed by atoms with van der Waals surface area (Å²) in [6.07, 6.45) is 3.04. The standard InChI is InChI=1S/C13H19NO/c1-2-3-4-5-6-7-8-9-14-10-12-15-13-11-14/h4-6,9-13H2,1H3. The number of morpholine rings is 1. The quantitative estimate of drug-likeness (QED) is 0.511. The summed E-state index contributed by atoms with van der Waals surface area (Å²) in [6, 6.07) is 0. The molecule has 0 aromatic carbocycles. The van der Waals surface area contributed by atoms with Crippen LogP contribution in [-0.4, -0.2) is 37.7 Å². The van der Waals surface area contributed by atoms with E-state index in [0.29, 0.717) is 0 Å². The molecule has 0 amide bonds. The number of unbranched alkanes of at least 4 members (excludes halogenated alkanes) is 2. The van der Waals surface area contributed by atoms with Crippen LogP contribution >= 0.6 is 0 Å². The van der Waals surface area contributed by atoms with Gasteiger partial charge in [0.1, 0.15) is 0 Å². The Labute approximate surface area is 93.0 Å². The van der Waals surface area contributed by atoms with E-state index < -0.39 is 0 Å². The van der Waals surface area contributed by atoms with E-state index in [-0.39, 0.29) is 0 Å². The number of nitrogens with zero attached hydrogens (tertiary/aromatic N) is 1. The summed E-state index contributed by atoms with van der Waals surface area (Å²) in [6.45, 7) is 6.53. The molecule has 0 bridgehead atoms. The van der Waals surface area contributed by atoms with Crippen LogP contribution in [0.15, 0.2) is 0 Å². The Morgan fingerprint density at radius 1 is 1.07 bits per heavy atom. The lowest BCUT2D eigenvalue weighted by Crippen LogP contribution is -2.36. The molecule has 0 aliphatic carbocycles. The van der Waals surface area contributed by atoms with E-state index in [2.05, 4.69) is 28.6 Å². The van der Waals surface area contributed by atoms with Crippen molar-refractivity contribution >= 4 is 0 Å². The Morgan fingerprint density at radius 2 is 1.80 bits per heavy atom. The van der Waals surface area contributed by atoms with Crippen molar-refractivity contribution in [3.8, 4) is 23.7 Å². The number of rotatable bonds is 3. The van der Waals surface area contributed by atoms with Gasteiger partial charge in [-0.25, -0.2) is 0 Å². The van der Waals surface area contributed by atoms with Crippen LogP contribution in [0, 0.1) is 23.7 Å². The van der Waals surface area contributed by atoms with Gasteiger partial charge in [0.15, 0.2) is 0 Å². The summed E-state index contributed by atoms with van der Waals surface area (Å²) >= 11 is 0. The minimum absolute atomic E-state index is 0.855. The molecule has 0 atom stereocenters. The Bertz CT molecular complexity index is 270. The Hall–Kier alpha value is -0.960. The Kier molecular flexibility index (Phi) is 6.75. The largest absolute Gasteiger partial charge is 0.379 e. The van der Waals surface area contributed by atoms with Crippen molar-refractivity contribution in [1.29, 1.82) is 0 Å². The molecule has 1 aliphatic rings. The van der Waals surface area contributed by atoms with Crippen molar-refractivity contribution in [3.05, 3.63) is 0 Å². The van der Waals surface area contributed by atoms with Crippen LogP contribution in [0.4, 0.5) is 0 Å². The van der Waals surface area contributed by atoms with Gasteiger partial charge in [0, 0.05) is 25.9 Å². The maximum Gasteiger partial charge on any atom is 0.0603 e. The first-order chi connectivity index (χ1) is 7.43. The molecule has 2 nitrogen and oxygen atoms in total. The molecule has 15 heavy (non-hydrogen) atoms. The van der Waals surface area contributed by atoms with E-state index >= 15 is 0 Å². The third-order valence-electron chi connectivity index (χ3n) is 2.31. The van der Waals surface area contributed by atoms with Crippen molar-refractivity contribution in [2.45, 2.75) is 26.2 Å². The summed E-state index contributed by atoms with van der Waals surface area (Å²) < 4.78 is 5.27. The highest BCUT2D eigenvalue weighted by atomic mass is 16.5. The van der Waals surface area contributed by atoms with Gasteiger partial charge in [-0.15, -0.1) is 17.8 Å². The van der Waals surface area contributed by atoms with E-state index in [1.807, 2.05) is 6.92 Å². The van der Waals surface area contributed by atoms with Crippen LogP contribution < -0.4 is 0 Å². The summed E-state index contributed by atoms with van der Waals surface area (Å²) in [5.41, 5.74) is 0. The highest BCUT2D eigenvalue weighted by molar-refractivity contribution is 5.02. The van der Waals surface area contributed by atoms with Gasteiger partial charge in [-0.05, 0) is 13.3 Å². The fourth-order valence-electron chi connectivity index (χ4n) is 1.41. The number of hydrogen-bond acceptors (Lipinski definition) is 2. The highest BCUT2D eigenvalue weighted by Crippen LogP contribution is 1.95. The van der Waals surface area contributed by atoms with Crippen molar-refractivity contribution in [3.63, 3.8) is 0 Å². The van der Waals surface area contributed by atoms with Crippen LogP contribution in [0.1, 0.15) is 26.2 Å². The van der Waals surface area contributed by atoms with E-state index in [9.17, 15) is 0 Å². The van der Waals surface area contributed by atoms with Crippen molar-refractivity contribution < 1.29 is 4.74 Å². The van der Waals surface area contributed by atoms with Gasteiger partial charge in [0.25, 0.3) is 0 Å². The van der Waals surface area contributed by atoms with Gasteiger partial charge in [-0.3, -0.25) is 4.90 Å². The topological polar surface area (TPSA) is 12.5 Å². The second-order valence-corrected chi connectivity index (χ2v) is 3.52. The maximum absolute atomic E-state index is 5.27. The zero-order valence-electron chi connectivity index (χ0n) is 9.51. The van der Waals surface area contributed by atoms with Gasteiger partial charge in [0.05, 0.1) is 19.8 Å². The Balaban J connectivity index is 2.01. The average Bonchev–Trinajstić information content (AvgIpc) is 2.29. The minimum Gasteiger partial charge on any atom is -0.379 e. The predicted molar refractivity (Wildman–Crippen MR) is 62.3 cm³/mol. The van der Waals surface area contributed by atoms with Crippen molar-refractivity contribution in [2.75, 3.05) is 32.8 Å². The van der Waals surface area contributed by atoms with Crippen LogP contribution in [0.25, 0.3) is 0 Å². The van der Waals surface area contributed by atoms with E-state index in [0.717, 1.165) is 52.1 Å². The molecule has 0 aromatic heterocycles. The molecule has 1 aliphatic heterocycles. The number of ether oxygens (including phenoxy) is 1. The van der Waals surface area contributed by atoms with Crippen LogP contribution in [-0.2, 0) is 4.74 Å². The molecule has 1 saturated heterocycles. The lowest BCUT2D eigenvalue weighted by molar-refractivity contribution is 0.0443. The first-order valence-electron chi connectivity index (χ1n) is 5.59. The average molecular weight is 205 g/mol. The molecular formula is C13H19NO. The van der Waals surface area contributed by atoms with Crippen molar-refractivity contribution in [1.82, 2.24) is 4.90 Å². The fourth-order valence-corrected chi connectivity index (χ4v) is 1.41. The first-order valence-corrected chi connectivity index (χ1v) is 5.59. The molecule has 0 N–H and O–H groups in total. The zero-order chi connectivity index (χ0) is 10.8. The summed E-state index contributed by atoms with van der Waals surface area (Å²) in [5.74, 6) is 12.3. The molecule has 1 fully saturated rings.